The van der Waals surface area contributed by atoms with Crippen LogP contribution in [0.4, 0.5) is 11.4 Å². The number of hydrogen-bond acceptors (Lipinski definition) is 3. The van der Waals surface area contributed by atoms with Gasteiger partial charge >= 0.3 is 0 Å². The van der Waals surface area contributed by atoms with Crippen LogP contribution in [-0.4, -0.2) is 41.2 Å². The topological polar surface area (TPSA) is 52.6 Å². The van der Waals surface area contributed by atoms with Crippen LogP contribution in [0.3, 0.4) is 0 Å². The molecule has 3 aromatic carbocycles. The Kier molecular flexibility index (Phi) is 6.91. The van der Waals surface area contributed by atoms with Gasteiger partial charge in [0.1, 0.15) is 11.0 Å². The molecule has 1 amide bonds. The zero-order valence-electron chi connectivity index (χ0n) is 20.5. The molecule has 5 heterocycles. The molecule has 0 aliphatic carbocycles. The van der Waals surface area contributed by atoms with Crippen molar-refractivity contribution in [3.8, 4) is 0 Å². The second kappa shape index (κ2) is 10.2. The van der Waals surface area contributed by atoms with Gasteiger partial charge in [0.05, 0.1) is 4.90 Å². The second-order valence-corrected chi connectivity index (χ2v) is 10.8. The molecule has 8 rings (SSSR count). The molecule has 1 saturated heterocycles. The minimum Gasteiger partial charge on any atom is -0.368 e. The van der Waals surface area contributed by atoms with E-state index in [1.807, 2.05) is 35.2 Å². The number of hydrogen-bond donors (Lipinski definition) is 1. The number of nitrogens with zero attached hydrogens (tertiary/aromatic N) is 2. The smallest absolute Gasteiger partial charge is 0.254 e. The van der Waals surface area contributed by atoms with Crippen molar-refractivity contribution in [2.45, 2.75) is 44.4 Å². The number of amides is 1. The molecule has 0 saturated carbocycles. The number of aryl methyl sites for hydroxylation is 3. The van der Waals surface area contributed by atoms with Crippen molar-refractivity contribution in [2.24, 2.45) is 0 Å². The summed E-state index contributed by atoms with van der Waals surface area (Å²) in [4.78, 5) is 18.7. The minimum atomic E-state index is -1.43. The van der Waals surface area contributed by atoms with Crippen LogP contribution in [0.25, 0.3) is 0 Å². The largest absolute Gasteiger partial charge is 0.368 e. The van der Waals surface area contributed by atoms with E-state index in [4.69, 9.17) is 0 Å². The van der Waals surface area contributed by atoms with Crippen molar-refractivity contribution in [3.05, 3.63) is 88.5 Å². The fourth-order valence-electron chi connectivity index (χ4n) is 5.04. The van der Waals surface area contributed by atoms with E-state index < -0.39 is 11.0 Å². The standard InChI is InChI=1S/C29H33N3O2S/c1-21-6-5-9-28(22(21)2)31-16-18-32(19-17-31)29(33)27-20-26-15-12-24(27)8-4-3-7-23-10-13-25(14-11-23)30-35(26)34/h5-6,9-15,20,30H,3-4,7-8,16-19H2,1-2H3. The molecule has 6 heteroatoms. The highest BCUT2D eigenvalue weighted by molar-refractivity contribution is 7.86. The van der Waals surface area contributed by atoms with E-state index in [0.29, 0.717) is 23.5 Å². The van der Waals surface area contributed by atoms with Crippen LogP contribution in [0, 0.1) is 13.8 Å². The number of nitrogens with one attached hydrogen (secondary N) is 1. The van der Waals surface area contributed by atoms with Gasteiger partial charge < -0.3 is 14.5 Å². The van der Waals surface area contributed by atoms with E-state index in [2.05, 4.69) is 53.8 Å². The van der Waals surface area contributed by atoms with Gasteiger partial charge in [-0.25, -0.2) is 4.21 Å². The Bertz CT molecular complexity index is 1250. The third-order valence-electron chi connectivity index (χ3n) is 7.34. The third kappa shape index (κ3) is 5.13. The maximum atomic E-state index is 13.7. The highest BCUT2D eigenvalue weighted by Gasteiger charge is 2.25. The van der Waals surface area contributed by atoms with Gasteiger partial charge in [0.2, 0.25) is 0 Å². The summed E-state index contributed by atoms with van der Waals surface area (Å²) in [5.41, 5.74) is 7.71. The van der Waals surface area contributed by atoms with Gasteiger partial charge in [-0.1, -0.05) is 30.3 Å². The predicted molar refractivity (Wildman–Crippen MR) is 144 cm³/mol. The first kappa shape index (κ1) is 23.6. The lowest BCUT2D eigenvalue weighted by Gasteiger charge is -2.37. The lowest BCUT2D eigenvalue weighted by Crippen LogP contribution is -2.49. The highest BCUT2D eigenvalue weighted by atomic mass is 32.2. The van der Waals surface area contributed by atoms with Gasteiger partial charge in [0.15, 0.2) is 0 Å². The minimum absolute atomic E-state index is 0.0508. The van der Waals surface area contributed by atoms with Crippen LogP contribution >= 0.6 is 0 Å². The number of piperazine rings is 1. The maximum Gasteiger partial charge on any atom is 0.254 e. The number of carbonyl (C=O) groups excluding carboxylic acids is 1. The number of benzene rings is 3. The number of anilines is 2. The molecule has 0 radical (unpaired) electrons. The van der Waals surface area contributed by atoms with Gasteiger partial charge in [-0.05, 0) is 92.1 Å². The van der Waals surface area contributed by atoms with E-state index in [1.54, 1.807) is 0 Å². The molecule has 4 bridgehead atoms. The Morgan fingerprint density at radius 1 is 0.886 bits per heavy atom. The first-order valence-electron chi connectivity index (χ1n) is 12.5. The summed E-state index contributed by atoms with van der Waals surface area (Å²) in [5.74, 6) is 0.0508. The molecule has 1 unspecified atom stereocenters. The van der Waals surface area contributed by atoms with Gasteiger partial charge in [-0.2, -0.15) is 0 Å². The first-order chi connectivity index (χ1) is 17.0. The molecule has 1 atom stereocenters. The summed E-state index contributed by atoms with van der Waals surface area (Å²) in [6.07, 6.45) is 3.94. The molecule has 0 aromatic heterocycles. The van der Waals surface area contributed by atoms with E-state index in [0.717, 1.165) is 50.0 Å². The molecule has 1 N–H and O–H groups in total. The molecule has 5 aliphatic heterocycles. The van der Waals surface area contributed by atoms with Crippen LogP contribution in [0.2, 0.25) is 0 Å². The molecule has 1 fully saturated rings. The number of carbonyl (C=O) groups is 1. The summed E-state index contributed by atoms with van der Waals surface area (Å²) in [7, 11) is -1.43. The Balaban J connectivity index is 1.36. The fourth-order valence-corrected chi connectivity index (χ4v) is 5.92. The SMILES string of the molecule is Cc1cccc(N2CCN(C(=O)c3cc4ccc3CCCCc3ccc(cc3)NS4=O)CC2)c1C. The van der Waals surface area contributed by atoms with Crippen molar-refractivity contribution in [1.29, 1.82) is 0 Å². The summed E-state index contributed by atoms with van der Waals surface area (Å²) in [6, 6.07) is 20.3. The highest BCUT2D eigenvalue weighted by Crippen LogP contribution is 2.26. The van der Waals surface area contributed by atoms with Crippen LogP contribution < -0.4 is 9.62 Å². The van der Waals surface area contributed by atoms with E-state index in [9.17, 15) is 9.00 Å². The molecule has 35 heavy (non-hydrogen) atoms. The Morgan fingerprint density at radius 2 is 1.63 bits per heavy atom. The molecule has 182 valence electrons. The predicted octanol–water partition coefficient (Wildman–Crippen LogP) is 5.28. The average molecular weight is 488 g/mol. The number of rotatable bonds is 2. The monoisotopic (exact) mass is 487 g/mol. The van der Waals surface area contributed by atoms with Crippen LogP contribution in [-0.2, 0) is 23.8 Å². The van der Waals surface area contributed by atoms with Gasteiger partial charge in [-0.3, -0.25) is 4.79 Å². The Labute approximate surface area is 210 Å². The molecule has 5 nitrogen and oxygen atoms in total. The van der Waals surface area contributed by atoms with Crippen molar-refractivity contribution in [3.63, 3.8) is 0 Å². The first-order valence-corrected chi connectivity index (χ1v) is 13.7. The van der Waals surface area contributed by atoms with Gasteiger partial charge in [0, 0.05) is 43.1 Å². The van der Waals surface area contributed by atoms with Crippen LogP contribution in [0.1, 0.15) is 45.5 Å². The summed E-state index contributed by atoms with van der Waals surface area (Å²) < 4.78 is 16.1. The average Bonchev–Trinajstić information content (AvgIpc) is 2.88. The quantitative estimate of drug-likeness (QED) is 0.535. The zero-order chi connectivity index (χ0) is 24.4. The van der Waals surface area contributed by atoms with E-state index >= 15 is 0 Å². The second-order valence-electron chi connectivity index (χ2n) is 9.59. The van der Waals surface area contributed by atoms with Crippen molar-refractivity contribution in [1.82, 2.24) is 4.90 Å². The lowest BCUT2D eigenvalue weighted by molar-refractivity contribution is 0.0745. The van der Waals surface area contributed by atoms with Crippen LogP contribution in [0.5, 0.6) is 0 Å². The Hall–Kier alpha value is -3.12. The molecule has 5 aliphatic rings. The van der Waals surface area contributed by atoms with Crippen molar-refractivity contribution >= 4 is 28.3 Å². The van der Waals surface area contributed by atoms with Crippen LogP contribution in [0.15, 0.2) is 65.6 Å². The molecule has 0 spiro atoms. The summed E-state index contributed by atoms with van der Waals surface area (Å²) >= 11 is 0. The van der Waals surface area contributed by atoms with E-state index in [1.165, 1.54) is 22.4 Å². The molecular formula is C29H33N3O2S. The van der Waals surface area contributed by atoms with Gasteiger partial charge in [-0.15, -0.1) is 0 Å². The summed E-state index contributed by atoms with van der Waals surface area (Å²) in [6.45, 7) is 7.30. The van der Waals surface area contributed by atoms with E-state index in [-0.39, 0.29) is 5.91 Å². The van der Waals surface area contributed by atoms with Crippen molar-refractivity contribution < 1.29 is 9.00 Å². The van der Waals surface area contributed by atoms with Crippen molar-refractivity contribution in [2.75, 3.05) is 35.8 Å². The normalized spacial score (nSPS) is 18.3. The third-order valence-corrected chi connectivity index (χ3v) is 8.44. The molecule has 3 aromatic rings. The van der Waals surface area contributed by atoms with Gasteiger partial charge in [0.25, 0.3) is 5.91 Å². The summed E-state index contributed by atoms with van der Waals surface area (Å²) in [5, 5.41) is 0. The Morgan fingerprint density at radius 3 is 2.40 bits per heavy atom. The lowest BCUT2D eigenvalue weighted by atomic mass is 9.98. The fraction of sp³-hybridized carbons (Fsp3) is 0.345. The maximum absolute atomic E-state index is 13.7. The zero-order valence-corrected chi connectivity index (χ0v) is 21.4. The molecular weight excluding hydrogens is 454 g/mol.